The van der Waals surface area contributed by atoms with Gasteiger partial charge in [0.1, 0.15) is 0 Å². The van der Waals surface area contributed by atoms with Crippen LogP contribution in [0.1, 0.15) is 12.0 Å². The van der Waals surface area contributed by atoms with Crippen LogP contribution >= 0.6 is 34.5 Å². The first-order valence-electron chi connectivity index (χ1n) is 6.95. The van der Waals surface area contributed by atoms with Gasteiger partial charge in [0.05, 0.1) is 16.6 Å². The van der Waals surface area contributed by atoms with Crippen molar-refractivity contribution in [2.24, 2.45) is 0 Å². The Morgan fingerprint density at radius 2 is 2.00 bits per heavy atom. The lowest BCUT2D eigenvalue weighted by Crippen LogP contribution is -2.35. The van der Waals surface area contributed by atoms with Crippen molar-refractivity contribution in [2.75, 3.05) is 18.9 Å². The second-order valence-electron chi connectivity index (χ2n) is 5.06. The van der Waals surface area contributed by atoms with E-state index in [0.29, 0.717) is 28.6 Å². The van der Waals surface area contributed by atoms with Crippen LogP contribution in [0.4, 0.5) is 5.69 Å². The van der Waals surface area contributed by atoms with Crippen molar-refractivity contribution in [3.8, 4) is 0 Å². The van der Waals surface area contributed by atoms with Crippen molar-refractivity contribution >= 4 is 52.0 Å². The summed E-state index contributed by atoms with van der Waals surface area (Å²) < 4.78 is 0. The van der Waals surface area contributed by atoms with E-state index < -0.39 is 0 Å². The maximum atomic E-state index is 12.0. The van der Waals surface area contributed by atoms with Gasteiger partial charge in [0.15, 0.2) is 0 Å². The van der Waals surface area contributed by atoms with Crippen molar-refractivity contribution in [1.82, 2.24) is 4.90 Å². The molecule has 0 spiro atoms. The van der Waals surface area contributed by atoms with Gasteiger partial charge in [-0.3, -0.25) is 9.59 Å². The number of likely N-dealkylation sites (N-methyl/N-ethyl adjacent to an activating group) is 1. The number of carbonyl (C=O) groups is 2. The van der Waals surface area contributed by atoms with Gasteiger partial charge in [-0.15, -0.1) is 0 Å². The zero-order valence-corrected chi connectivity index (χ0v) is 14.8. The first-order chi connectivity index (χ1) is 11.0. The first-order valence-corrected chi connectivity index (χ1v) is 8.65. The van der Waals surface area contributed by atoms with E-state index in [-0.39, 0.29) is 18.4 Å². The number of thiophene rings is 1. The highest BCUT2D eigenvalue weighted by molar-refractivity contribution is 7.07. The van der Waals surface area contributed by atoms with E-state index in [1.165, 1.54) is 4.90 Å². The molecule has 2 aromatic rings. The van der Waals surface area contributed by atoms with Crippen LogP contribution in [0, 0.1) is 0 Å². The molecular formula is C16H16Cl2N2O2S. The fourth-order valence-electron chi connectivity index (χ4n) is 1.96. The van der Waals surface area contributed by atoms with Crippen LogP contribution in [0.2, 0.25) is 10.0 Å². The number of halogens is 2. The third-order valence-electron chi connectivity index (χ3n) is 3.22. The Bertz CT molecular complexity index is 689. The highest BCUT2D eigenvalue weighted by atomic mass is 35.5. The Morgan fingerprint density at radius 1 is 1.22 bits per heavy atom. The van der Waals surface area contributed by atoms with Gasteiger partial charge < -0.3 is 10.2 Å². The average molecular weight is 371 g/mol. The molecule has 1 heterocycles. The number of aryl methyl sites for hydroxylation is 1. The average Bonchev–Trinajstić information content (AvgIpc) is 3.01. The Kier molecular flexibility index (Phi) is 6.45. The topological polar surface area (TPSA) is 49.4 Å². The fraction of sp³-hybridized carbons (Fsp3) is 0.250. The molecule has 2 rings (SSSR count). The van der Waals surface area contributed by atoms with Gasteiger partial charge in [-0.25, -0.2) is 0 Å². The van der Waals surface area contributed by atoms with E-state index in [9.17, 15) is 9.59 Å². The predicted molar refractivity (Wildman–Crippen MR) is 95.4 cm³/mol. The molecule has 1 aromatic heterocycles. The first kappa shape index (κ1) is 17.8. The van der Waals surface area contributed by atoms with Gasteiger partial charge in [0.2, 0.25) is 11.8 Å². The molecule has 2 amide bonds. The van der Waals surface area contributed by atoms with Crippen molar-refractivity contribution in [3.05, 3.63) is 50.6 Å². The Labute approximate surface area is 149 Å². The number of amides is 2. The zero-order chi connectivity index (χ0) is 16.8. The van der Waals surface area contributed by atoms with Crippen LogP contribution in [0.25, 0.3) is 0 Å². The van der Waals surface area contributed by atoms with Gasteiger partial charge in [-0.2, -0.15) is 11.3 Å². The molecular weight excluding hydrogens is 355 g/mol. The Morgan fingerprint density at radius 3 is 2.65 bits per heavy atom. The number of carbonyl (C=O) groups excluding carboxylic acids is 2. The standard InChI is InChI=1S/C16H16Cl2N2O2S/c1-20(16(22)5-2-11-6-7-23-10-11)9-15(21)19-12-3-4-13(17)14(18)8-12/h3-4,6-8,10H,2,5,9H2,1H3,(H,19,21). The van der Waals surface area contributed by atoms with Crippen LogP contribution in [0.3, 0.4) is 0 Å². The van der Waals surface area contributed by atoms with Crippen molar-refractivity contribution in [2.45, 2.75) is 12.8 Å². The molecule has 1 aromatic carbocycles. The summed E-state index contributed by atoms with van der Waals surface area (Å²) in [6.45, 7) is -0.0112. The van der Waals surface area contributed by atoms with Crippen molar-refractivity contribution in [3.63, 3.8) is 0 Å². The molecule has 122 valence electrons. The summed E-state index contributed by atoms with van der Waals surface area (Å²) in [5, 5.41) is 7.48. The molecule has 4 nitrogen and oxygen atoms in total. The van der Waals surface area contributed by atoms with E-state index >= 15 is 0 Å². The van der Waals surface area contributed by atoms with E-state index in [2.05, 4.69) is 5.32 Å². The summed E-state index contributed by atoms with van der Waals surface area (Å²) in [4.78, 5) is 25.4. The molecule has 0 bridgehead atoms. The number of nitrogens with one attached hydrogen (secondary N) is 1. The Hall–Kier alpha value is -1.56. The summed E-state index contributed by atoms with van der Waals surface area (Å²) in [6, 6.07) is 6.83. The van der Waals surface area contributed by atoms with Crippen molar-refractivity contribution in [1.29, 1.82) is 0 Å². The second-order valence-corrected chi connectivity index (χ2v) is 6.65. The van der Waals surface area contributed by atoms with E-state index in [1.54, 1.807) is 36.6 Å². The largest absolute Gasteiger partial charge is 0.336 e. The van der Waals surface area contributed by atoms with Crippen LogP contribution < -0.4 is 5.32 Å². The third kappa shape index (κ3) is 5.53. The maximum absolute atomic E-state index is 12.0. The zero-order valence-electron chi connectivity index (χ0n) is 12.5. The van der Waals surface area contributed by atoms with Gasteiger partial charge in [0, 0.05) is 19.2 Å². The maximum Gasteiger partial charge on any atom is 0.243 e. The number of anilines is 1. The van der Waals surface area contributed by atoms with Gasteiger partial charge >= 0.3 is 0 Å². The monoisotopic (exact) mass is 370 g/mol. The molecule has 23 heavy (non-hydrogen) atoms. The molecule has 0 aliphatic carbocycles. The summed E-state index contributed by atoms with van der Waals surface area (Å²) in [5.74, 6) is -0.352. The molecule has 7 heteroatoms. The molecule has 0 saturated carbocycles. The third-order valence-corrected chi connectivity index (χ3v) is 4.69. The summed E-state index contributed by atoms with van der Waals surface area (Å²) in [5.41, 5.74) is 1.68. The minimum absolute atomic E-state index is 0.0112. The smallest absolute Gasteiger partial charge is 0.243 e. The number of hydrogen-bond donors (Lipinski definition) is 1. The van der Waals surface area contributed by atoms with E-state index in [4.69, 9.17) is 23.2 Å². The summed E-state index contributed by atoms with van der Waals surface area (Å²) in [7, 11) is 1.62. The molecule has 0 aliphatic heterocycles. The molecule has 0 aliphatic rings. The van der Waals surface area contributed by atoms with Gasteiger partial charge in [0.25, 0.3) is 0 Å². The summed E-state index contributed by atoms with van der Waals surface area (Å²) >= 11 is 13.3. The lowest BCUT2D eigenvalue weighted by atomic mass is 10.2. The van der Waals surface area contributed by atoms with E-state index in [0.717, 1.165) is 5.56 Å². The molecule has 0 radical (unpaired) electrons. The van der Waals surface area contributed by atoms with Crippen LogP contribution in [-0.4, -0.2) is 30.3 Å². The Balaban J connectivity index is 1.81. The minimum atomic E-state index is -0.283. The molecule has 0 unspecified atom stereocenters. The predicted octanol–water partition coefficient (Wildman–Crippen LogP) is 4.08. The summed E-state index contributed by atoms with van der Waals surface area (Å²) in [6.07, 6.45) is 1.06. The SMILES string of the molecule is CN(CC(=O)Nc1ccc(Cl)c(Cl)c1)C(=O)CCc1ccsc1. The van der Waals surface area contributed by atoms with Crippen molar-refractivity contribution < 1.29 is 9.59 Å². The van der Waals surface area contributed by atoms with E-state index in [1.807, 2.05) is 16.8 Å². The second kappa shape index (κ2) is 8.34. The molecule has 0 saturated heterocycles. The quantitative estimate of drug-likeness (QED) is 0.832. The van der Waals surface area contributed by atoms with Gasteiger partial charge in [-0.05, 0) is 47.0 Å². The lowest BCUT2D eigenvalue weighted by molar-refractivity contribution is -0.133. The number of hydrogen-bond acceptors (Lipinski definition) is 3. The molecule has 1 N–H and O–H groups in total. The van der Waals surface area contributed by atoms with Crippen LogP contribution in [0.15, 0.2) is 35.0 Å². The van der Waals surface area contributed by atoms with Crippen LogP contribution in [0.5, 0.6) is 0 Å². The van der Waals surface area contributed by atoms with Crippen LogP contribution in [-0.2, 0) is 16.0 Å². The number of benzene rings is 1. The normalized spacial score (nSPS) is 10.4. The number of rotatable bonds is 6. The highest BCUT2D eigenvalue weighted by Crippen LogP contribution is 2.24. The molecule has 0 fully saturated rings. The molecule has 0 atom stereocenters. The number of nitrogens with zero attached hydrogens (tertiary/aromatic N) is 1. The fourth-order valence-corrected chi connectivity index (χ4v) is 2.96. The highest BCUT2D eigenvalue weighted by Gasteiger charge is 2.13. The van der Waals surface area contributed by atoms with Gasteiger partial charge in [-0.1, -0.05) is 23.2 Å². The minimum Gasteiger partial charge on any atom is -0.336 e. The lowest BCUT2D eigenvalue weighted by Gasteiger charge is -2.16.